The molecule has 0 aliphatic rings. The Morgan fingerprint density at radius 2 is 1.26 bits per heavy atom. The fourth-order valence-corrected chi connectivity index (χ4v) is 4.48. The lowest BCUT2D eigenvalue weighted by molar-refractivity contribution is 0.636. The molecule has 0 saturated heterocycles. The molecular formula is C34H35F. The van der Waals surface area contributed by atoms with Gasteiger partial charge in [-0.15, -0.1) is 0 Å². The van der Waals surface area contributed by atoms with Crippen molar-refractivity contribution in [2.75, 3.05) is 0 Å². The molecule has 0 saturated carbocycles. The van der Waals surface area contributed by atoms with Gasteiger partial charge >= 0.3 is 0 Å². The van der Waals surface area contributed by atoms with Gasteiger partial charge in [-0.3, -0.25) is 0 Å². The third-order valence-corrected chi connectivity index (χ3v) is 6.67. The molecule has 0 N–H and O–H groups in total. The highest BCUT2D eigenvalue weighted by Gasteiger charge is 2.07. The molecule has 4 aromatic carbocycles. The van der Waals surface area contributed by atoms with E-state index in [1.54, 1.807) is 6.07 Å². The van der Waals surface area contributed by atoms with Gasteiger partial charge in [0.15, 0.2) is 0 Å². The van der Waals surface area contributed by atoms with Crippen LogP contribution in [0.25, 0.3) is 21.9 Å². The number of aryl methyl sites for hydroxylation is 2. The summed E-state index contributed by atoms with van der Waals surface area (Å²) in [7, 11) is 0. The van der Waals surface area contributed by atoms with Crippen molar-refractivity contribution in [3.63, 3.8) is 0 Å². The summed E-state index contributed by atoms with van der Waals surface area (Å²) in [6, 6.07) is 26.9. The van der Waals surface area contributed by atoms with Crippen LogP contribution in [0.4, 0.5) is 4.39 Å². The Morgan fingerprint density at radius 3 is 1.97 bits per heavy atom. The van der Waals surface area contributed by atoms with Crippen molar-refractivity contribution < 1.29 is 4.39 Å². The molecule has 1 heteroatoms. The van der Waals surface area contributed by atoms with E-state index in [1.807, 2.05) is 30.3 Å². The number of hydrogen-bond donors (Lipinski definition) is 0. The molecule has 4 aromatic rings. The standard InChI is InChI=1S/C34H35F/c1-3-5-7-8-10-26-11-17-29(18-12-26)30-19-13-27(14-20-30)15-21-31-22-23-32-25-28(9-6-4-2)16-24-33(32)34(31)35/h11-14,16-20,22-25H,3-10H2,1-2H3. The van der Waals surface area contributed by atoms with Crippen LogP contribution in [0.5, 0.6) is 0 Å². The predicted octanol–water partition coefficient (Wildman–Crippen LogP) is 9.51. The second kappa shape index (κ2) is 12.4. The molecule has 0 spiro atoms. The fourth-order valence-electron chi connectivity index (χ4n) is 4.48. The number of hydrogen-bond acceptors (Lipinski definition) is 0. The Hall–Kier alpha value is -3.37. The van der Waals surface area contributed by atoms with Crippen LogP contribution in [0.2, 0.25) is 0 Å². The molecule has 0 radical (unpaired) electrons. The van der Waals surface area contributed by atoms with Crippen molar-refractivity contribution in [3.05, 3.63) is 107 Å². The Bertz CT molecular complexity index is 1300. The van der Waals surface area contributed by atoms with Gasteiger partial charge in [-0.1, -0.05) is 112 Å². The second-order valence-electron chi connectivity index (χ2n) is 9.42. The molecule has 0 aliphatic carbocycles. The van der Waals surface area contributed by atoms with Crippen LogP contribution < -0.4 is 0 Å². The van der Waals surface area contributed by atoms with Crippen molar-refractivity contribution in [3.8, 4) is 23.0 Å². The summed E-state index contributed by atoms with van der Waals surface area (Å²) in [6.45, 7) is 4.43. The highest BCUT2D eigenvalue weighted by molar-refractivity contribution is 5.85. The van der Waals surface area contributed by atoms with Crippen molar-refractivity contribution in [2.24, 2.45) is 0 Å². The Morgan fingerprint density at radius 1 is 0.600 bits per heavy atom. The molecule has 178 valence electrons. The van der Waals surface area contributed by atoms with Gasteiger partial charge in [-0.2, -0.15) is 0 Å². The summed E-state index contributed by atoms with van der Waals surface area (Å²) >= 11 is 0. The lowest BCUT2D eigenvalue weighted by Crippen LogP contribution is -1.90. The monoisotopic (exact) mass is 462 g/mol. The maximum Gasteiger partial charge on any atom is 0.146 e. The predicted molar refractivity (Wildman–Crippen MR) is 148 cm³/mol. The number of fused-ring (bicyclic) bond motifs is 1. The van der Waals surface area contributed by atoms with E-state index < -0.39 is 0 Å². The highest BCUT2D eigenvalue weighted by Crippen LogP contribution is 2.24. The molecular weight excluding hydrogens is 427 g/mol. The fraction of sp³-hybridized carbons (Fsp3) is 0.294. The molecule has 0 aromatic heterocycles. The summed E-state index contributed by atoms with van der Waals surface area (Å²) in [5.74, 6) is 5.94. The van der Waals surface area contributed by atoms with Crippen LogP contribution in [0.3, 0.4) is 0 Å². The lowest BCUT2D eigenvalue weighted by Gasteiger charge is -2.06. The molecule has 0 heterocycles. The van der Waals surface area contributed by atoms with Crippen LogP contribution in [0.1, 0.15) is 74.6 Å². The second-order valence-corrected chi connectivity index (χ2v) is 9.42. The number of rotatable bonds is 9. The first kappa shape index (κ1) is 24.7. The molecule has 0 bridgehead atoms. The highest BCUT2D eigenvalue weighted by atomic mass is 19.1. The normalized spacial score (nSPS) is 10.8. The van der Waals surface area contributed by atoms with E-state index in [4.69, 9.17) is 0 Å². The first-order valence-electron chi connectivity index (χ1n) is 13.1. The summed E-state index contributed by atoms with van der Waals surface area (Å²) < 4.78 is 15.1. The Kier molecular flexibility index (Phi) is 8.74. The third-order valence-electron chi connectivity index (χ3n) is 6.67. The molecule has 35 heavy (non-hydrogen) atoms. The van der Waals surface area contributed by atoms with Gasteiger partial charge in [-0.25, -0.2) is 4.39 Å². The zero-order valence-electron chi connectivity index (χ0n) is 21.0. The molecule has 4 rings (SSSR count). The smallest absolute Gasteiger partial charge is 0.146 e. The van der Waals surface area contributed by atoms with Crippen molar-refractivity contribution in [2.45, 2.75) is 65.2 Å². The zero-order chi connectivity index (χ0) is 24.5. The molecule has 0 amide bonds. The van der Waals surface area contributed by atoms with E-state index in [0.717, 1.165) is 36.6 Å². The molecule has 0 atom stereocenters. The molecule has 0 nitrogen and oxygen atoms in total. The van der Waals surface area contributed by atoms with Gasteiger partial charge < -0.3 is 0 Å². The van der Waals surface area contributed by atoms with E-state index in [0.29, 0.717) is 10.9 Å². The third kappa shape index (κ3) is 6.61. The first-order chi connectivity index (χ1) is 17.2. The average molecular weight is 463 g/mol. The molecule has 0 unspecified atom stereocenters. The van der Waals surface area contributed by atoms with Crippen LogP contribution >= 0.6 is 0 Å². The average Bonchev–Trinajstić information content (AvgIpc) is 2.90. The Labute approximate surface area is 210 Å². The van der Waals surface area contributed by atoms with Gasteiger partial charge in [0.25, 0.3) is 0 Å². The van der Waals surface area contributed by atoms with Gasteiger partial charge in [0.05, 0.1) is 5.56 Å². The van der Waals surface area contributed by atoms with Crippen molar-refractivity contribution >= 4 is 10.8 Å². The summed E-state index contributed by atoms with van der Waals surface area (Å²) in [5, 5.41) is 1.58. The molecule has 0 aliphatic heterocycles. The van der Waals surface area contributed by atoms with Gasteiger partial charge in [0.2, 0.25) is 0 Å². The van der Waals surface area contributed by atoms with E-state index in [2.05, 4.69) is 68.2 Å². The van der Waals surface area contributed by atoms with Gasteiger partial charge in [-0.05, 0) is 71.5 Å². The summed E-state index contributed by atoms with van der Waals surface area (Å²) in [6.07, 6.45) is 9.67. The minimum absolute atomic E-state index is 0.233. The molecule has 0 fully saturated rings. The quantitative estimate of drug-likeness (QED) is 0.172. The van der Waals surface area contributed by atoms with Crippen molar-refractivity contribution in [1.29, 1.82) is 0 Å². The zero-order valence-corrected chi connectivity index (χ0v) is 21.0. The van der Waals surface area contributed by atoms with Crippen LogP contribution in [0, 0.1) is 17.7 Å². The maximum absolute atomic E-state index is 15.1. The summed E-state index contributed by atoms with van der Waals surface area (Å²) in [4.78, 5) is 0. The van der Waals surface area contributed by atoms with Crippen molar-refractivity contribution in [1.82, 2.24) is 0 Å². The lowest BCUT2D eigenvalue weighted by atomic mass is 10.00. The van der Waals surface area contributed by atoms with Crippen LogP contribution in [-0.2, 0) is 12.8 Å². The van der Waals surface area contributed by atoms with Gasteiger partial charge in [0.1, 0.15) is 5.82 Å². The van der Waals surface area contributed by atoms with Crippen LogP contribution in [0.15, 0.2) is 78.9 Å². The Balaban J connectivity index is 1.44. The number of benzene rings is 4. The van der Waals surface area contributed by atoms with Crippen LogP contribution in [-0.4, -0.2) is 0 Å². The minimum atomic E-state index is -0.233. The minimum Gasteiger partial charge on any atom is -0.205 e. The summed E-state index contributed by atoms with van der Waals surface area (Å²) in [5.41, 5.74) is 6.37. The number of unbranched alkanes of at least 4 members (excludes halogenated alkanes) is 4. The first-order valence-corrected chi connectivity index (χ1v) is 13.1. The number of halogens is 1. The largest absolute Gasteiger partial charge is 0.205 e. The van der Waals surface area contributed by atoms with E-state index in [1.165, 1.54) is 47.9 Å². The maximum atomic E-state index is 15.1. The van der Waals surface area contributed by atoms with E-state index >= 15 is 4.39 Å². The van der Waals surface area contributed by atoms with Gasteiger partial charge in [0, 0.05) is 10.9 Å². The SMILES string of the molecule is CCCCCCc1ccc(-c2ccc(C#Cc3ccc4cc(CCCC)ccc4c3F)cc2)cc1. The topological polar surface area (TPSA) is 0 Å². The van der Waals surface area contributed by atoms with E-state index in [-0.39, 0.29) is 5.82 Å². The van der Waals surface area contributed by atoms with E-state index in [9.17, 15) is 0 Å².